The molecule has 3 aromatic heterocycles. The van der Waals surface area contributed by atoms with Crippen LogP contribution < -0.4 is 11.1 Å². The van der Waals surface area contributed by atoms with Gasteiger partial charge < -0.3 is 11.1 Å². The second-order valence-electron chi connectivity index (χ2n) is 7.13. The van der Waals surface area contributed by atoms with Crippen molar-refractivity contribution >= 4 is 52.3 Å². The number of nitrogens with two attached hydrogens (primary N) is 1. The fraction of sp³-hybridized carbons (Fsp3) is 0.100. The zero-order chi connectivity index (χ0) is 26.2. The van der Waals surface area contributed by atoms with Gasteiger partial charge in [0.25, 0.3) is 11.8 Å². The van der Waals surface area contributed by atoms with Gasteiger partial charge in [-0.3, -0.25) is 9.59 Å². The molecule has 3 N–H and O–H groups in total. The molecule has 0 atom stereocenters. The summed E-state index contributed by atoms with van der Waals surface area (Å²) in [6, 6.07) is 6.84. The number of nitrogens with one attached hydrogen (secondary N) is 1. The lowest BCUT2D eigenvalue weighted by Crippen LogP contribution is -2.21. The molecule has 0 unspecified atom stereocenters. The number of carbonyl (C=O) groups excluding carboxylic acids is 2. The summed E-state index contributed by atoms with van der Waals surface area (Å²) in [4.78, 5) is 30.0. The SMILES string of the molecule is NC(=O)c1cc(Cl)cc(Cl)c1NC(=O)c1cc(Cn2ncc(C(F)(F)F)n2)nn1-c1ncccc1Cl. The van der Waals surface area contributed by atoms with E-state index in [0.29, 0.717) is 6.20 Å². The average Bonchev–Trinajstić information content (AvgIpc) is 3.43. The number of aromatic nitrogens is 6. The molecule has 0 saturated heterocycles. The van der Waals surface area contributed by atoms with Gasteiger partial charge in [-0.15, -0.1) is 5.10 Å². The van der Waals surface area contributed by atoms with Crippen molar-refractivity contribution in [3.05, 3.63) is 80.4 Å². The van der Waals surface area contributed by atoms with Crippen molar-refractivity contribution in [1.82, 2.24) is 29.8 Å². The van der Waals surface area contributed by atoms with Crippen molar-refractivity contribution in [1.29, 1.82) is 0 Å². The number of carbonyl (C=O) groups is 2. The maximum atomic E-state index is 13.3. The molecule has 0 spiro atoms. The van der Waals surface area contributed by atoms with E-state index in [9.17, 15) is 22.8 Å². The van der Waals surface area contributed by atoms with Crippen molar-refractivity contribution in [3.8, 4) is 5.82 Å². The van der Waals surface area contributed by atoms with Crippen molar-refractivity contribution in [2.24, 2.45) is 5.73 Å². The van der Waals surface area contributed by atoms with Crippen LogP contribution in [0.25, 0.3) is 5.82 Å². The lowest BCUT2D eigenvalue weighted by atomic mass is 10.1. The number of alkyl halides is 3. The number of amides is 2. The number of anilines is 1. The fourth-order valence-electron chi connectivity index (χ4n) is 3.08. The zero-order valence-corrected chi connectivity index (χ0v) is 19.9. The number of benzene rings is 1. The van der Waals surface area contributed by atoms with Gasteiger partial charge in [-0.25, -0.2) is 9.67 Å². The smallest absolute Gasteiger partial charge is 0.366 e. The van der Waals surface area contributed by atoms with Gasteiger partial charge in [0.1, 0.15) is 12.2 Å². The third-order valence-corrected chi connectivity index (χ3v) is 5.43. The Morgan fingerprint density at radius 3 is 2.47 bits per heavy atom. The summed E-state index contributed by atoms with van der Waals surface area (Å²) >= 11 is 18.3. The monoisotopic (exact) mass is 558 g/mol. The molecule has 16 heteroatoms. The van der Waals surface area contributed by atoms with Crippen LogP contribution in [0, 0.1) is 0 Å². The zero-order valence-electron chi connectivity index (χ0n) is 17.6. The van der Waals surface area contributed by atoms with Crippen LogP contribution in [0.15, 0.2) is 42.7 Å². The third-order valence-electron chi connectivity index (χ3n) is 4.62. The minimum absolute atomic E-state index is 0.0531. The molecule has 0 fully saturated rings. The molecule has 0 saturated carbocycles. The fourth-order valence-corrected chi connectivity index (χ4v) is 3.83. The second kappa shape index (κ2) is 9.76. The summed E-state index contributed by atoms with van der Waals surface area (Å²) < 4.78 is 39.7. The Labute approximate surface area is 214 Å². The number of nitrogens with zero attached hydrogens (tertiary/aromatic N) is 6. The summed E-state index contributed by atoms with van der Waals surface area (Å²) in [7, 11) is 0. The number of hydrogen-bond donors (Lipinski definition) is 2. The number of primary amides is 1. The van der Waals surface area contributed by atoms with Gasteiger partial charge in [-0.2, -0.15) is 28.2 Å². The van der Waals surface area contributed by atoms with E-state index < -0.39 is 23.7 Å². The third kappa shape index (κ3) is 5.27. The highest BCUT2D eigenvalue weighted by Crippen LogP contribution is 2.31. The number of rotatable bonds is 6. The summed E-state index contributed by atoms with van der Waals surface area (Å²) in [5.74, 6) is -1.66. The van der Waals surface area contributed by atoms with Crippen LogP contribution in [0.2, 0.25) is 15.1 Å². The Hall–Kier alpha value is -3.68. The first-order chi connectivity index (χ1) is 16.9. The molecule has 3 heterocycles. The first-order valence-corrected chi connectivity index (χ1v) is 10.8. The molecule has 0 aliphatic heterocycles. The van der Waals surface area contributed by atoms with Gasteiger partial charge >= 0.3 is 6.18 Å². The van der Waals surface area contributed by atoms with Crippen LogP contribution in [0.3, 0.4) is 0 Å². The first-order valence-electron chi connectivity index (χ1n) is 9.71. The van der Waals surface area contributed by atoms with Gasteiger partial charge in [0.15, 0.2) is 11.5 Å². The van der Waals surface area contributed by atoms with Crippen molar-refractivity contribution in [2.45, 2.75) is 12.7 Å². The molecule has 186 valence electrons. The molecular weight excluding hydrogens is 548 g/mol. The van der Waals surface area contributed by atoms with Gasteiger partial charge in [-0.05, 0) is 30.3 Å². The molecule has 0 bridgehead atoms. The molecule has 36 heavy (non-hydrogen) atoms. The lowest BCUT2D eigenvalue weighted by molar-refractivity contribution is -0.141. The Balaban J connectivity index is 1.75. The average molecular weight is 560 g/mol. The first kappa shape index (κ1) is 25.4. The van der Waals surface area contributed by atoms with E-state index in [0.717, 1.165) is 9.48 Å². The number of pyridine rings is 1. The van der Waals surface area contributed by atoms with Gasteiger partial charge in [0, 0.05) is 11.2 Å². The van der Waals surface area contributed by atoms with Crippen LogP contribution in [0.4, 0.5) is 18.9 Å². The van der Waals surface area contributed by atoms with Crippen LogP contribution in [-0.4, -0.2) is 41.6 Å². The Morgan fingerprint density at radius 2 is 1.83 bits per heavy atom. The molecule has 0 aliphatic carbocycles. The summed E-state index contributed by atoms with van der Waals surface area (Å²) in [6.45, 7) is -0.317. The van der Waals surface area contributed by atoms with Crippen molar-refractivity contribution in [3.63, 3.8) is 0 Å². The molecule has 2 amide bonds. The largest absolute Gasteiger partial charge is 0.436 e. The number of hydrogen-bond acceptors (Lipinski definition) is 6. The second-order valence-corrected chi connectivity index (χ2v) is 8.38. The molecule has 0 aliphatic rings. The predicted molar refractivity (Wildman–Crippen MR) is 123 cm³/mol. The maximum Gasteiger partial charge on any atom is 0.436 e. The standard InChI is InChI=1S/C20H12Cl3F3N8O2/c21-9-4-11(17(27)35)16(13(23)5-9)30-19(36)14-6-10(8-33-29-7-15(32-33)20(24,25)26)31-34(14)18-12(22)2-1-3-28-18/h1-7H,8H2,(H2,27,35)(H,30,36). The topological polar surface area (TPSA) is 134 Å². The van der Waals surface area contributed by atoms with E-state index in [2.05, 4.69) is 25.6 Å². The molecule has 10 nitrogen and oxygen atoms in total. The van der Waals surface area contributed by atoms with Crippen molar-refractivity contribution < 1.29 is 22.8 Å². The highest BCUT2D eigenvalue weighted by molar-refractivity contribution is 6.38. The predicted octanol–water partition coefficient (Wildman–Crippen LogP) is 4.24. The molecular formula is C20H12Cl3F3N8O2. The van der Waals surface area contributed by atoms with E-state index in [-0.39, 0.29) is 50.1 Å². The van der Waals surface area contributed by atoms with Crippen LogP contribution in [0.5, 0.6) is 0 Å². The van der Waals surface area contributed by atoms with Crippen LogP contribution in [0.1, 0.15) is 32.2 Å². The number of halogens is 6. The van der Waals surface area contributed by atoms with Crippen LogP contribution in [-0.2, 0) is 12.7 Å². The quantitative estimate of drug-likeness (QED) is 0.363. The van der Waals surface area contributed by atoms with Crippen LogP contribution >= 0.6 is 34.8 Å². The summed E-state index contributed by atoms with van der Waals surface area (Å²) in [5.41, 5.74) is 3.89. The lowest BCUT2D eigenvalue weighted by Gasteiger charge is -2.12. The van der Waals surface area contributed by atoms with E-state index in [1.807, 2.05) is 0 Å². The minimum atomic E-state index is -4.68. The van der Waals surface area contributed by atoms with Gasteiger partial charge in [0.05, 0.1) is 33.2 Å². The maximum absolute atomic E-state index is 13.3. The Bertz CT molecular complexity index is 1490. The molecule has 4 aromatic rings. The van der Waals surface area contributed by atoms with E-state index in [1.165, 1.54) is 30.5 Å². The highest BCUT2D eigenvalue weighted by Gasteiger charge is 2.34. The highest BCUT2D eigenvalue weighted by atomic mass is 35.5. The minimum Gasteiger partial charge on any atom is -0.366 e. The summed E-state index contributed by atoms with van der Waals surface area (Å²) in [6.07, 6.45) is -2.72. The van der Waals surface area contributed by atoms with E-state index in [1.54, 1.807) is 6.07 Å². The molecule has 1 aromatic carbocycles. The van der Waals surface area contributed by atoms with E-state index >= 15 is 0 Å². The Kier molecular flexibility index (Phi) is 6.89. The normalized spacial score (nSPS) is 11.5. The molecule has 0 radical (unpaired) electrons. The van der Waals surface area contributed by atoms with Gasteiger partial charge in [0.2, 0.25) is 0 Å². The van der Waals surface area contributed by atoms with E-state index in [4.69, 9.17) is 40.5 Å². The van der Waals surface area contributed by atoms with Crippen molar-refractivity contribution in [2.75, 3.05) is 5.32 Å². The Morgan fingerprint density at radius 1 is 1.08 bits per heavy atom. The van der Waals surface area contributed by atoms with Gasteiger partial charge in [-0.1, -0.05) is 34.8 Å². The summed E-state index contributed by atoms with van der Waals surface area (Å²) in [5, 5.41) is 13.9. The molecule has 4 rings (SSSR count).